The van der Waals surface area contributed by atoms with Crippen LogP contribution >= 0.6 is 0 Å². The van der Waals surface area contributed by atoms with Crippen LogP contribution in [0.1, 0.15) is 33.3 Å². The quantitative estimate of drug-likeness (QED) is 0.339. The van der Waals surface area contributed by atoms with Crippen molar-refractivity contribution >= 4 is 12.6 Å². The summed E-state index contributed by atoms with van der Waals surface area (Å²) in [5.41, 5.74) is 6.35. The largest absolute Gasteiger partial charge is 0.494 e. The standard InChI is InChI=1S/C30H27BN2O2/c1-29(2)30(3,4)35-31(34-29)26-16-23(21-11-7-5-8-12-21)15-24(17-26)28-18-27(25(19-32)20-33-28)22-13-9-6-10-14-22/h5-18,20H,1-4H3. The molecule has 2 heterocycles. The van der Waals surface area contributed by atoms with E-state index in [1.807, 2.05) is 54.6 Å². The highest BCUT2D eigenvalue weighted by atomic mass is 16.7. The highest BCUT2D eigenvalue weighted by Crippen LogP contribution is 2.37. The van der Waals surface area contributed by atoms with Gasteiger partial charge in [-0.1, -0.05) is 72.8 Å². The van der Waals surface area contributed by atoms with Crippen molar-refractivity contribution in [3.8, 4) is 39.6 Å². The number of nitrogens with zero attached hydrogens (tertiary/aromatic N) is 2. The van der Waals surface area contributed by atoms with Crippen LogP contribution in [0.15, 0.2) is 91.1 Å². The molecule has 0 saturated carbocycles. The van der Waals surface area contributed by atoms with Crippen molar-refractivity contribution < 1.29 is 9.31 Å². The van der Waals surface area contributed by atoms with Crippen LogP contribution in [-0.2, 0) is 9.31 Å². The van der Waals surface area contributed by atoms with Gasteiger partial charge in [0.15, 0.2) is 0 Å². The van der Waals surface area contributed by atoms with Crippen LogP contribution in [0, 0.1) is 11.3 Å². The second-order valence-corrected chi connectivity index (χ2v) is 9.89. The van der Waals surface area contributed by atoms with Gasteiger partial charge in [-0.15, -0.1) is 0 Å². The van der Waals surface area contributed by atoms with Crippen molar-refractivity contribution in [2.24, 2.45) is 0 Å². The molecule has 3 aromatic carbocycles. The highest BCUT2D eigenvalue weighted by Gasteiger charge is 2.51. The van der Waals surface area contributed by atoms with E-state index in [0.717, 1.165) is 39.0 Å². The summed E-state index contributed by atoms with van der Waals surface area (Å²) >= 11 is 0. The van der Waals surface area contributed by atoms with E-state index in [-0.39, 0.29) is 0 Å². The number of benzene rings is 3. The first-order valence-corrected chi connectivity index (χ1v) is 11.8. The van der Waals surface area contributed by atoms with Gasteiger partial charge >= 0.3 is 7.12 Å². The van der Waals surface area contributed by atoms with Gasteiger partial charge in [-0.2, -0.15) is 5.26 Å². The first-order chi connectivity index (χ1) is 16.8. The molecule has 0 bridgehead atoms. The Kier molecular flexibility index (Phi) is 5.80. The Morgan fingerprint density at radius 3 is 1.89 bits per heavy atom. The van der Waals surface area contributed by atoms with E-state index in [4.69, 9.17) is 9.31 Å². The lowest BCUT2D eigenvalue weighted by Crippen LogP contribution is -2.41. The molecule has 1 aromatic heterocycles. The highest BCUT2D eigenvalue weighted by molar-refractivity contribution is 6.62. The van der Waals surface area contributed by atoms with Crippen molar-refractivity contribution in [2.75, 3.05) is 0 Å². The second-order valence-electron chi connectivity index (χ2n) is 9.89. The van der Waals surface area contributed by atoms with Crippen LogP contribution in [-0.4, -0.2) is 23.3 Å². The third-order valence-corrected chi connectivity index (χ3v) is 6.99. The first-order valence-electron chi connectivity index (χ1n) is 11.8. The minimum absolute atomic E-state index is 0.437. The van der Waals surface area contributed by atoms with E-state index in [0.29, 0.717) is 5.56 Å². The third-order valence-electron chi connectivity index (χ3n) is 6.99. The van der Waals surface area contributed by atoms with Crippen LogP contribution in [0.4, 0.5) is 0 Å². The molecule has 1 aliphatic heterocycles. The average molecular weight is 458 g/mol. The Balaban J connectivity index is 1.66. The zero-order chi connectivity index (χ0) is 24.6. The predicted molar refractivity (Wildman–Crippen MR) is 141 cm³/mol. The predicted octanol–water partition coefficient (Wildman–Crippen LogP) is 6.25. The Labute approximate surface area is 207 Å². The number of hydrogen-bond acceptors (Lipinski definition) is 4. The molecule has 0 radical (unpaired) electrons. The van der Waals surface area contributed by atoms with Crippen molar-refractivity contribution in [3.63, 3.8) is 0 Å². The fourth-order valence-corrected chi connectivity index (χ4v) is 4.27. The molecular formula is C30H27BN2O2. The molecule has 0 atom stereocenters. The minimum atomic E-state index is -0.491. The Bertz CT molecular complexity index is 1390. The van der Waals surface area contributed by atoms with Crippen LogP contribution in [0.25, 0.3) is 33.5 Å². The molecule has 35 heavy (non-hydrogen) atoms. The minimum Gasteiger partial charge on any atom is -0.399 e. The first kappa shape index (κ1) is 23.0. The van der Waals surface area contributed by atoms with Crippen molar-refractivity contribution in [1.82, 2.24) is 4.98 Å². The fourth-order valence-electron chi connectivity index (χ4n) is 4.27. The molecule has 4 nitrogen and oxygen atoms in total. The number of aromatic nitrogens is 1. The Morgan fingerprint density at radius 2 is 1.29 bits per heavy atom. The van der Waals surface area contributed by atoms with Crippen LogP contribution < -0.4 is 5.46 Å². The topological polar surface area (TPSA) is 55.1 Å². The molecule has 172 valence electrons. The summed E-state index contributed by atoms with van der Waals surface area (Å²) in [6, 6.07) is 30.8. The van der Waals surface area contributed by atoms with Crippen LogP contribution in [0.3, 0.4) is 0 Å². The number of pyridine rings is 1. The van der Waals surface area contributed by atoms with Gasteiger partial charge in [0.05, 0.1) is 22.5 Å². The summed E-state index contributed by atoms with van der Waals surface area (Å²) in [6.45, 7) is 8.24. The molecular weight excluding hydrogens is 431 g/mol. The van der Waals surface area contributed by atoms with Gasteiger partial charge in [0.25, 0.3) is 0 Å². The van der Waals surface area contributed by atoms with Gasteiger partial charge in [0, 0.05) is 17.3 Å². The maximum atomic E-state index is 9.70. The zero-order valence-electron chi connectivity index (χ0n) is 20.4. The molecule has 1 fully saturated rings. The smallest absolute Gasteiger partial charge is 0.399 e. The van der Waals surface area contributed by atoms with E-state index in [2.05, 4.69) is 69.1 Å². The summed E-state index contributed by atoms with van der Waals surface area (Å²) in [5, 5.41) is 9.70. The molecule has 0 unspecified atom stereocenters. The normalized spacial score (nSPS) is 16.1. The van der Waals surface area contributed by atoms with Gasteiger partial charge in [0.2, 0.25) is 0 Å². The van der Waals surface area contributed by atoms with E-state index in [9.17, 15) is 5.26 Å². The lowest BCUT2D eigenvalue weighted by Gasteiger charge is -2.32. The van der Waals surface area contributed by atoms with Gasteiger partial charge in [-0.25, -0.2) is 0 Å². The van der Waals surface area contributed by atoms with Gasteiger partial charge in [-0.3, -0.25) is 4.98 Å². The summed E-state index contributed by atoms with van der Waals surface area (Å²) < 4.78 is 12.8. The molecule has 1 saturated heterocycles. The van der Waals surface area contributed by atoms with E-state index in [1.165, 1.54) is 0 Å². The summed E-state index contributed by atoms with van der Waals surface area (Å²) in [5.74, 6) is 0. The Morgan fingerprint density at radius 1 is 0.714 bits per heavy atom. The summed E-state index contributed by atoms with van der Waals surface area (Å²) in [4.78, 5) is 4.66. The SMILES string of the molecule is CC1(C)OB(c2cc(-c3ccccc3)cc(-c3cc(-c4ccccc4)c(C#N)cn3)c2)OC1(C)C. The summed E-state index contributed by atoms with van der Waals surface area (Å²) in [7, 11) is -0.491. The summed E-state index contributed by atoms with van der Waals surface area (Å²) in [6.07, 6.45) is 1.65. The second kappa shape index (κ2) is 8.81. The van der Waals surface area contributed by atoms with Gasteiger partial charge in [0.1, 0.15) is 6.07 Å². The monoisotopic (exact) mass is 458 g/mol. The van der Waals surface area contributed by atoms with Crippen molar-refractivity contribution in [3.05, 3.63) is 96.7 Å². The molecule has 1 aliphatic rings. The molecule has 0 amide bonds. The van der Waals surface area contributed by atoms with Gasteiger partial charge in [-0.05, 0) is 62.0 Å². The van der Waals surface area contributed by atoms with Crippen molar-refractivity contribution in [1.29, 1.82) is 5.26 Å². The average Bonchev–Trinajstić information content (AvgIpc) is 3.11. The molecule has 0 N–H and O–H groups in total. The zero-order valence-corrected chi connectivity index (χ0v) is 20.4. The molecule has 5 heteroatoms. The molecule has 0 aliphatic carbocycles. The van der Waals surface area contributed by atoms with Crippen LogP contribution in [0.2, 0.25) is 0 Å². The van der Waals surface area contributed by atoms with E-state index in [1.54, 1.807) is 6.20 Å². The van der Waals surface area contributed by atoms with E-state index < -0.39 is 18.3 Å². The lowest BCUT2D eigenvalue weighted by atomic mass is 9.76. The molecule has 5 rings (SSSR count). The van der Waals surface area contributed by atoms with Crippen LogP contribution in [0.5, 0.6) is 0 Å². The maximum absolute atomic E-state index is 9.70. The van der Waals surface area contributed by atoms with Gasteiger partial charge < -0.3 is 9.31 Å². The molecule has 4 aromatic rings. The number of hydrogen-bond donors (Lipinski definition) is 0. The lowest BCUT2D eigenvalue weighted by molar-refractivity contribution is 0.00578. The maximum Gasteiger partial charge on any atom is 0.494 e. The molecule has 0 spiro atoms. The fraction of sp³-hybridized carbons (Fsp3) is 0.200. The number of nitriles is 1. The van der Waals surface area contributed by atoms with E-state index >= 15 is 0 Å². The van der Waals surface area contributed by atoms with Crippen molar-refractivity contribution in [2.45, 2.75) is 38.9 Å². The third kappa shape index (κ3) is 4.39. The Hall–Kier alpha value is -3.72. The number of rotatable bonds is 4.